The highest BCUT2D eigenvalue weighted by Crippen LogP contribution is 2.23. The minimum Gasteiger partial charge on any atom is -0.327 e. The summed E-state index contributed by atoms with van der Waals surface area (Å²) in [6.45, 7) is 3.11. The second-order valence-electron chi connectivity index (χ2n) is 3.92. The Balaban J connectivity index is 2.38. The lowest BCUT2D eigenvalue weighted by Crippen LogP contribution is -2.18. The van der Waals surface area contributed by atoms with E-state index in [1.807, 2.05) is 36.1 Å². The SMILES string of the molecule is CCN(c1cccc(F)c1)c1cccc(CN)n1. The molecule has 0 radical (unpaired) electrons. The van der Waals surface area contributed by atoms with Gasteiger partial charge in [0, 0.05) is 18.8 Å². The Morgan fingerprint density at radius 1 is 1.22 bits per heavy atom. The predicted octanol–water partition coefficient (Wildman–Crippen LogP) is 2.84. The van der Waals surface area contributed by atoms with Gasteiger partial charge in [-0.15, -0.1) is 0 Å². The van der Waals surface area contributed by atoms with Gasteiger partial charge in [-0.25, -0.2) is 9.37 Å². The maximum absolute atomic E-state index is 13.3. The fraction of sp³-hybridized carbons (Fsp3) is 0.214. The number of aromatic nitrogens is 1. The second-order valence-corrected chi connectivity index (χ2v) is 3.92. The molecule has 0 saturated heterocycles. The lowest BCUT2D eigenvalue weighted by Gasteiger charge is -2.22. The van der Waals surface area contributed by atoms with Crippen LogP contribution in [-0.2, 0) is 6.54 Å². The van der Waals surface area contributed by atoms with Crippen molar-refractivity contribution >= 4 is 11.5 Å². The van der Waals surface area contributed by atoms with Gasteiger partial charge in [0.1, 0.15) is 11.6 Å². The lowest BCUT2D eigenvalue weighted by molar-refractivity contribution is 0.627. The third-order valence-electron chi connectivity index (χ3n) is 2.71. The summed E-state index contributed by atoms with van der Waals surface area (Å²) >= 11 is 0. The topological polar surface area (TPSA) is 42.1 Å². The van der Waals surface area contributed by atoms with Gasteiger partial charge < -0.3 is 10.6 Å². The second kappa shape index (κ2) is 5.60. The average molecular weight is 245 g/mol. The highest BCUT2D eigenvalue weighted by Gasteiger charge is 2.09. The molecule has 94 valence electrons. The number of halogens is 1. The Morgan fingerprint density at radius 3 is 2.67 bits per heavy atom. The minimum atomic E-state index is -0.249. The molecular formula is C14H16FN3. The molecule has 2 N–H and O–H groups in total. The van der Waals surface area contributed by atoms with Crippen molar-refractivity contribution < 1.29 is 4.39 Å². The summed E-state index contributed by atoms with van der Waals surface area (Å²) in [4.78, 5) is 6.39. The highest BCUT2D eigenvalue weighted by atomic mass is 19.1. The van der Waals surface area contributed by atoms with Gasteiger partial charge in [0.15, 0.2) is 0 Å². The van der Waals surface area contributed by atoms with Gasteiger partial charge in [-0.2, -0.15) is 0 Å². The van der Waals surface area contributed by atoms with E-state index in [9.17, 15) is 4.39 Å². The van der Waals surface area contributed by atoms with Crippen LogP contribution in [-0.4, -0.2) is 11.5 Å². The maximum Gasteiger partial charge on any atom is 0.133 e. The lowest BCUT2D eigenvalue weighted by atomic mass is 10.2. The molecule has 1 aromatic heterocycles. The van der Waals surface area contributed by atoms with Crippen LogP contribution < -0.4 is 10.6 Å². The summed E-state index contributed by atoms with van der Waals surface area (Å²) in [5.41, 5.74) is 7.19. The van der Waals surface area contributed by atoms with Crippen LogP contribution >= 0.6 is 0 Å². The number of pyridine rings is 1. The molecule has 0 unspecified atom stereocenters. The Kier molecular flexibility index (Phi) is 3.89. The molecule has 1 aromatic carbocycles. The fourth-order valence-corrected chi connectivity index (χ4v) is 1.85. The maximum atomic E-state index is 13.3. The van der Waals surface area contributed by atoms with Crippen LogP contribution in [0.4, 0.5) is 15.9 Å². The Hall–Kier alpha value is -1.94. The summed E-state index contributed by atoms with van der Waals surface area (Å²) in [7, 11) is 0. The van der Waals surface area contributed by atoms with E-state index in [0.717, 1.165) is 17.2 Å². The van der Waals surface area contributed by atoms with Gasteiger partial charge in [0.2, 0.25) is 0 Å². The first-order valence-corrected chi connectivity index (χ1v) is 5.93. The number of nitrogens with zero attached hydrogens (tertiary/aromatic N) is 2. The molecule has 0 amide bonds. The first kappa shape index (κ1) is 12.5. The zero-order valence-corrected chi connectivity index (χ0v) is 10.3. The van der Waals surface area contributed by atoms with Crippen molar-refractivity contribution in [3.8, 4) is 0 Å². The third kappa shape index (κ3) is 2.65. The van der Waals surface area contributed by atoms with E-state index >= 15 is 0 Å². The van der Waals surface area contributed by atoms with Crippen molar-refractivity contribution in [1.29, 1.82) is 0 Å². The van der Waals surface area contributed by atoms with E-state index < -0.39 is 0 Å². The van der Waals surface area contributed by atoms with E-state index in [1.54, 1.807) is 6.07 Å². The molecule has 0 bridgehead atoms. The van der Waals surface area contributed by atoms with Gasteiger partial charge in [0.25, 0.3) is 0 Å². The van der Waals surface area contributed by atoms with Crippen molar-refractivity contribution in [2.45, 2.75) is 13.5 Å². The Labute approximate surface area is 106 Å². The minimum absolute atomic E-state index is 0.249. The summed E-state index contributed by atoms with van der Waals surface area (Å²) in [6, 6.07) is 12.2. The van der Waals surface area contributed by atoms with Crippen LogP contribution in [0.1, 0.15) is 12.6 Å². The highest BCUT2D eigenvalue weighted by molar-refractivity contribution is 5.59. The molecule has 0 aliphatic heterocycles. The number of anilines is 2. The van der Waals surface area contributed by atoms with Gasteiger partial charge in [-0.1, -0.05) is 12.1 Å². The van der Waals surface area contributed by atoms with Gasteiger partial charge in [-0.3, -0.25) is 0 Å². The summed E-state index contributed by atoms with van der Waals surface area (Å²) in [5.74, 6) is 0.534. The monoisotopic (exact) mass is 245 g/mol. The summed E-state index contributed by atoms with van der Waals surface area (Å²) < 4.78 is 13.3. The molecule has 0 aliphatic rings. The smallest absolute Gasteiger partial charge is 0.133 e. The van der Waals surface area contributed by atoms with Crippen molar-refractivity contribution in [1.82, 2.24) is 4.98 Å². The van der Waals surface area contributed by atoms with Crippen LogP contribution in [0, 0.1) is 5.82 Å². The third-order valence-corrected chi connectivity index (χ3v) is 2.71. The molecule has 2 rings (SSSR count). The molecule has 18 heavy (non-hydrogen) atoms. The molecule has 0 fully saturated rings. The quantitative estimate of drug-likeness (QED) is 0.900. The predicted molar refractivity (Wildman–Crippen MR) is 71.2 cm³/mol. The van der Waals surface area contributed by atoms with Crippen LogP contribution in [0.25, 0.3) is 0 Å². The van der Waals surface area contributed by atoms with Crippen LogP contribution in [0.5, 0.6) is 0 Å². The zero-order chi connectivity index (χ0) is 13.0. The number of hydrogen-bond acceptors (Lipinski definition) is 3. The zero-order valence-electron chi connectivity index (χ0n) is 10.3. The number of benzene rings is 1. The van der Waals surface area contributed by atoms with Crippen molar-refractivity contribution in [2.75, 3.05) is 11.4 Å². The molecule has 1 heterocycles. The van der Waals surface area contributed by atoms with E-state index in [4.69, 9.17) is 5.73 Å². The first-order valence-electron chi connectivity index (χ1n) is 5.93. The van der Waals surface area contributed by atoms with Crippen LogP contribution in [0.15, 0.2) is 42.5 Å². The first-order chi connectivity index (χ1) is 8.74. The average Bonchev–Trinajstić information content (AvgIpc) is 2.40. The van der Waals surface area contributed by atoms with E-state index in [1.165, 1.54) is 12.1 Å². The van der Waals surface area contributed by atoms with Crippen molar-refractivity contribution in [3.05, 3.63) is 54.0 Å². The summed E-state index contributed by atoms with van der Waals surface area (Å²) in [6.07, 6.45) is 0. The molecule has 4 heteroatoms. The van der Waals surface area contributed by atoms with Crippen LogP contribution in [0.3, 0.4) is 0 Å². The molecule has 0 saturated carbocycles. The molecule has 2 aromatic rings. The standard InChI is InChI=1S/C14H16FN3/c1-2-18(13-7-3-5-11(15)9-13)14-8-4-6-12(10-16)17-14/h3-9H,2,10,16H2,1H3. The van der Waals surface area contributed by atoms with Gasteiger partial charge in [-0.05, 0) is 37.3 Å². The molecule has 0 atom stereocenters. The number of nitrogens with two attached hydrogens (primary N) is 1. The molecular weight excluding hydrogens is 229 g/mol. The molecule has 0 aliphatic carbocycles. The molecule has 0 spiro atoms. The number of hydrogen-bond donors (Lipinski definition) is 1. The van der Waals surface area contributed by atoms with Crippen molar-refractivity contribution in [3.63, 3.8) is 0 Å². The van der Waals surface area contributed by atoms with Gasteiger partial charge in [0.05, 0.1) is 5.69 Å². The van der Waals surface area contributed by atoms with E-state index in [2.05, 4.69) is 4.98 Å². The van der Waals surface area contributed by atoms with E-state index in [-0.39, 0.29) is 5.82 Å². The van der Waals surface area contributed by atoms with E-state index in [0.29, 0.717) is 13.1 Å². The Morgan fingerprint density at radius 2 is 2.00 bits per heavy atom. The van der Waals surface area contributed by atoms with Crippen LogP contribution in [0.2, 0.25) is 0 Å². The number of rotatable bonds is 4. The van der Waals surface area contributed by atoms with Gasteiger partial charge >= 0.3 is 0 Å². The normalized spacial score (nSPS) is 10.4. The molecule has 3 nitrogen and oxygen atoms in total. The van der Waals surface area contributed by atoms with Crippen molar-refractivity contribution in [2.24, 2.45) is 5.73 Å². The Bertz CT molecular complexity index is 528. The fourth-order valence-electron chi connectivity index (χ4n) is 1.85. The summed E-state index contributed by atoms with van der Waals surface area (Å²) in [5, 5.41) is 0. The largest absolute Gasteiger partial charge is 0.327 e.